The molecule has 0 spiro atoms. The molecule has 9 heteroatoms. The summed E-state index contributed by atoms with van der Waals surface area (Å²) in [6.07, 6.45) is 0.623. The standard InChI is InChI=1S/C29H31NO8/c1-33-24-8-6-7-21(27(24)36-4)28(31)30-14-13-19-15-25(34-2)26(35-3)16-22(19)23(30)17-38-20-11-9-18(10-12-20)29(32)37-5/h6-12,15-16,23H,13-14,17H2,1-5H3/t23-/m0/s1. The summed E-state index contributed by atoms with van der Waals surface area (Å²) in [5.41, 5.74) is 2.75. The first-order valence-corrected chi connectivity index (χ1v) is 12.0. The smallest absolute Gasteiger partial charge is 0.337 e. The molecule has 0 aliphatic carbocycles. The maximum absolute atomic E-state index is 13.9. The van der Waals surface area contributed by atoms with Gasteiger partial charge in [-0.1, -0.05) is 6.07 Å². The van der Waals surface area contributed by atoms with Crippen LogP contribution in [0.4, 0.5) is 0 Å². The molecule has 0 bridgehead atoms. The Labute approximate surface area is 221 Å². The Morgan fingerprint density at radius 1 is 0.842 bits per heavy atom. The van der Waals surface area contributed by atoms with Crippen LogP contribution in [0.3, 0.4) is 0 Å². The third-order valence-corrected chi connectivity index (χ3v) is 6.58. The van der Waals surface area contributed by atoms with Gasteiger partial charge in [-0.15, -0.1) is 0 Å². The van der Waals surface area contributed by atoms with Gasteiger partial charge < -0.3 is 33.3 Å². The van der Waals surface area contributed by atoms with E-state index in [1.54, 1.807) is 61.6 Å². The lowest BCUT2D eigenvalue weighted by Crippen LogP contribution is -2.42. The molecule has 1 aliphatic heterocycles. The summed E-state index contributed by atoms with van der Waals surface area (Å²) in [7, 11) is 7.54. The monoisotopic (exact) mass is 521 g/mol. The average molecular weight is 522 g/mol. The van der Waals surface area contributed by atoms with E-state index in [1.807, 2.05) is 12.1 Å². The zero-order valence-corrected chi connectivity index (χ0v) is 22.1. The second kappa shape index (κ2) is 11.8. The number of benzene rings is 3. The van der Waals surface area contributed by atoms with Gasteiger partial charge in [-0.25, -0.2) is 4.79 Å². The number of fused-ring (bicyclic) bond motifs is 1. The number of nitrogens with zero attached hydrogens (tertiary/aromatic N) is 1. The predicted molar refractivity (Wildman–Crippen MR) is 140 cm³/mol. The third-order valence-electron chi connectivity index (χ3n) is 6.58. The Morgan fingerprint density at radius 3 is 2.16 bits per heavy atom. The number of amides is 1. The molecule has 0 aromatic heterocycles. The van der Waals surface area contributed by atoms with E-state index in [-0.39, 0.29) is 12.5 Å². The quantitative estimate of drug-likeness (QED) is 0.385. The molecule has 0 saturated heterocycles. The lowest BCUT2D eigenvalue weighted by Gasteiger charge is -2.38. The number of esters is 1. The molecule has 3 aromatic carbocycles. The molecule has 1 aliphatic rings. The van der Waals surface area contributed by atoms with Crippen molar-refractivity contribution in [3.05, 3.63) is 76.9 Å². The molecular weight excluding hydrogens is 490 g/mol. The van der Waals surface area contributed by atoms with Crippen molar-refractivity contribution in [3.63, 3.8) is 0 Å². The van der Waals surface area contributed by atoms with Crippen molar-refractivity contribution in [1.29, 1.82) is 0 Å². The fourth-order valence-corrected chi connectivity index (χ4v) is 4.64. The van der Waals surface area contributed by atoms with E-state index in [1.165, 1.54) is 21.3 Å². The number of ether oxygens (including phenoxy) is 6. The molecule has 9 nitrogen and oxygen atoms in total. The van der Waals surface area contributed by atoms with Gasteiger partial charge in [-0.3, -0.25) is 4.79 Å². The maximum Gasteiger partial charge on any atom is 0.337 e. The highest BCUT2D eigenvalue weighted by atomic mass is 16.5. The first kappa shape index (κ1) is 26.7. The van der Waals surface area contributed by atoms with Gasteiger partial charge in [0.2, 0.25) is 0 Å². The molecule has 4 rings (SSSR count). The molecule has 0 radical (unpaired) electrons. The molecule has 0 saturated carbocycles. The molecule has 3 aromatic rings. The molecule has 38 heavy (non-hydrogen) atoms. The zero-order chi connectivity index (χ0) is 27.2. The Balaban J connectivity index is 1.71. The average Bonchev–Trinajstić information content (AvgIpc) is 2.97. The van der Waals surface area contributed by atoms with E-state index in [0.717, 1.165) is 11.1 Å². The Hall–Kier alpha value is -4.40. The van der Waals surface area contributed by atoms with Gasteiger partial charge in [-0.05, 0) is 66.1 Å². The summed E-state index contributed by atoms with van der Waals surface area (Å²) in [5, 5.41) is 0. The van der Waals surface area contributed by atoms with Crippen molar-refractivity contribution in [2.75, 3.05) is 48.7 Å². The minimum Gasteiger partial charge on any atom is -0.493 e. The van der Waals surface area contributed by atoms with Crippen molar-refractivity contribution in [2.45, 2.75) is 12.5 Å². The van der Waals surface area contributed by atoms with Crippen LogP contribution in [0.15, 0.2) is 54.6 Å². The second-order valence-corrected chi connectivity index (χ2v) is 8.54. The predicted octanol–water partition coefficient (Wildman–Crippen LogP) is 4.33. The lowest BCUT2D eigenvalue weighted by molar-refractivity contribution is 0.0579. The number of para-hydroxylation sites is 1. The van der Waals surface area contributed by atoms with Crippen LogP contribution in [0.25, 0.3) is 0 Å². The number of rotatable bonds is 9. The summed E-state index contributed by atoms with van der Waals surface area (Å²) in [6.45, 7) is 0.620. The normalized spacial score (nSPS) is 14.2. The first-order chi connectivity index (χ1) is 18.4. The topological polar surface area (TPSA) is 92.8 Å². The van der Waals surface area contributed by atoms with E-state index in [2.05, 4.69) is 0 Å². The van der Waals surface area contributed by atoms with Crippen LogP contribution in [0.2, 0.25) is 0 Å². The SMILES string of the molecule is COC(=O)c1ccc(OC[C@H]2c3cc(OC)c(OC)cc3CCN2C(=O)c2cccc(OC)c2OC)cc1. The summed E-state index contributed by atoms with van der Waals surface area (Å²) >= 11 is 0. The summed E-state index contributed by atoms with van der Waals surface area (Å²) in [5.74, 6) is 1.94. The van der Waals surface area contributed by atoms with Crippen LogP contribution >= 0.6 is 0 Å². The van der Waals surface area contributed by atoms with E-state index >= 15 is 0 Å². The van der Waals surface area contributed by atoms with Gasteiger partial charge in [0.05, 0.1) is 52.7 Å². The molecule has 0 fully saturated rings. The number of methoxy groups -OCH3 is 5. The molecule has 1 heterocycles. The van der Waals surface area contributed by atoms with Gasteiger partial charge >= 0.3 is 5.97 Å². The highest BCUT2D eigenvalue weighted by Crippen LogP contribution is 2.40. The van der Waals surface area contributed by atoms with Gasteiger partial charge in [0.25, 0.3) is 5.91 Å². The maximum atomic E-state index is 13.9. The van der Waals surface area contributed by atoms with Crippen molar-refractivity contribution in [1.82, 2.24) is 4.90 Å². The summed E-state index contributed by atoms with van der Waals surface area (Å²) in [6, 6.07) is 15.3. The number of hydrogen-bond acceptors (Lipinski definition) is 8. The summed E-state index contributed by atoms with van der Waals surface area (Å²) < 4.78 is 32.9. The van der Waals surface area contributed by atoms with Crippen molar-refractivity contribution < 1.29 is 38.0 Å². The van der Waals surface area contributed by atoms with Crippen LogP contribution in [-0.4, -0.2) is 65.5 Å². The minimum absolute atomic E-state index is 0.165. The van der Waals surface area contributed by atoms with Gasteiger partial charge in [0.15, 0.2) is 23.0 Å². The van der Waals surface area contributed by atoms with E-state index in [9.17, 15) is 9.59 Å². The van der Waals surface area contributed by atoms with Crippen LogP contribution in [0, 0.1) is 0 Å². The van der Waals surface area contributed by atoms with E-state index < -0.39 is 12.0 Å². The zero-order valence-electron chi connectivity index (χ0n) is 22.1. The van der Waals surface area contributed by atoms with Gasteiger partial charge in [0.1, 0.15) is 12.4 Å². The second-order valence-electron chi connectivity index (χ2n) is 8.54. The van der Waals surface area contributed by atoms with E-state index in [4.69, 9.17) is 28.4 Å². The van der Waals surface area contributed by atoms with Gasteiger partial charge in [0, 0.05) is 6.54 Å². The molecule has 200 valence electrons. The minimum atomic E-state index is -0.442. The molecular formula is C29H31NO8. The lowest BCUT2D eigenvalue weighted by atomic mass is 9.91. The molecule has 1 atom stereocenters. The van der Waals surface area contributed by atoms with Crippen LogP contribution < -0.4 is 23.7 Å². The largest absolute Gasteiger partial charge is 0.493 e. The first-order valence-electron chi connectivity index (χ1n) is 12.0. The number of hydrogen-bond donors (Lipinski definition) is 0. The van der Waals surface area contributed by atoms with Crippen molar-refractivity contribution >= 4 is 11.9 Å². The number of carbonyl (C=O) groups is 2. The molecule has 0 N–H and O–H groups in total. The molecule has 0 unspecified atom stereocenters. The highest BCUT2D eigenvalue weighted by molar-refractivity contribution is 5.98. The molecule has 1 amide bonds. The highest BCUT2D eigenvalue weighted by Gasteiger charge is 2.35. The van der Waals surface area contributed by atoms with Crippen LogP contribution in [-0.2, 0) is 11.2 Å². The van der Waals surface area contributed by atoms with Crippen molar-refractivity contribution in [3.8, 4) is 28.7 Å². The van der Waals surface area contributed by atoms with E-state index in [0.29, 0.717) is 52.8 Å². The summed E-state index contributed by atoms with van der Waals surface area (Å²) in [4.78, 5) is 27.5. The van der Waals surface area contributed by atoms with Crippen LogP contribution in [0.1, 0.15) is 37.9 Å². The van der Waals surface area contributed by atoms with Crippen LogP contribution in [0.5, 0.6) is 28.7 Å². The Kier molecular flexibility index (Phi) is 8.25. The number of carbonyl (C=O) groups excluding carboxylic acids is 2. The third kappa shape index (κ3) is 5.18. The Bertz CT molecular complexity index is 1300. The Morgan fingerprint density at radius 2 is 1.53 bits per heavy atom. The fourth-order valence-electron chi connectivity index (χ4n) is 4.64. The fraction of sp³-hybridized carbons (Fsp3) is 0.310. The van der Waals surface area contributed by atoms with Gasteiger partial charge in [-0.2, -0.15) is 0 Å². The van der Waals surface area contributed by atoms with Crippen molar-refractivity contribution in [2.24, 2.45) is 0 Å².